The van der Waals surface area contributed by atoms with Gasteiger partial charge in [-0.1, -0.05) is 30.3 Å². The molecule has 0 aliphatic rings. The molecule has 0 saturated carbocycles. The number of aliphatic carboxylic acids is 1. The van der Waals surface area contributed by atoms with Crippen molar-refractivity contribution in [2.75, 3.05) is 19.0 Å². The number of carbonyl (C=O) groups is 2. The summed E-state index contributed by atoms with van der Waals surface area (Å²) >= 11 is 0. The highest BCUT2D eigenvalue weighted by molar-refractivity contribution is 7.85. The Morgan fingerprint density at radius 2 is 1.62 bits per heavy atom. The van der Waals surface area contributed by atoms with Gasteiger partial charge in [0.15, 0.2) is 0 Å². The summed E-state index contributed by atoms with van der Waals surface area (Å²) in [6.45, 7) is 3.97. The molecule has 2 aromatic carbocycles. The predicted octanol–water partition coefficient (Wildman–Crippen LogP) is 3.83. The van der Waals surface area contributed by atoms with Gasteiger partial charge in [0, 0.05) is 16.2 Å². The van der Waals surface area contributed by atoms with E-state index >= 15 is 0 Å². The summed E-state index contributed by atoms with van der Waals surface area (Å²) in [6.07, 6.45) is 0.0895. The van der Waals surface area contributed by atoms with Gasteiger partial charge in [-0.15, -0.1) is 0 Å². The van der Waals surface area contributed by atoms with Gasteiger partial charge in [0.25, 0.3) is 5.91 Å². The van der Waals surface area contributed by atoms with Gasteiger partial charge in [-0.05, 0) is 50.1 Å². The van der Waals surface area contributed by atoms with Crippen molar-refractivity contribution in [3.05, 3.63) is 65.7 Å². The van der Waals surface area contributed by atoms with E-state index in [9.17, 15) is 23.5 Å². The van der Waals surface area contributed by atoms with Crippen LogP contribution in [0, 0.1) is 0 Å². The molecule has 0 aliphatic carbocycles. The van der Waals surface area contributed by atoms with E-state index in [0.717, 1.165) is 0 Å². The summed E-state index contributed by atoms with van der Waals surface area (Å²) in [7, 11) is -4.63. The topological polar surface area (TPSA) is 119 Å². The number of amides is 1. The number of benzene rings is 2. The first-order valence-corrected chi connectivity index (χ1v) is 13.3. The lowest BCUT2D eigenvalue weighted by molar-refractivity contribution is -0.139. The third-order valence-corrected chi connectivity index (χ3v) is 7.91. The lowest BCUT2D eigenvalue weighted by Crippen LogP contribution is -2.41. The molecular formula is C22H28NO7PS. The lowest BCUT2D eigenvalue weighted by Gasteiger charge is -2.17. The fourth-order valence-electron chi connectivity index (χ4n) is 2.92. The van der Waals surface area contributed by atoms with E-state index in [0.29, 0.717) is 10.5 Å². The van der Waals surface area contributed by atoms with Crippen LogP contribution in [0.1, 0.15) is 36.2 Å². The monoisotopic (exact) mass is 481 g/mol. The number of hydrogen-bond donors (Lipinski definition) is 2. The van der Waals surface area contributed by atoms with Crippen LogP contribution in [0.5, 0.6) is 0 Å². The number of carbonyl (C=O) groups excluding carboxylic acids is 1. The molecule has 0 fully saturated rings. The fraction of sp³-hybridized carbons (Fsp3) is 0.364. The molecule has 2 N–H and O–H groups in total. The summed E-state index contributed by atoms with van der Waals surface area (Å²) < 4.78 is 35.5. The second kappa shape index (κ2) is 12.6. The number of carboxylic acid groups (broad SMARTS) is 1. The Morgan fingerprint density at radius 3 is 2.16 bits per heavy atom. The molecule has 174 valence electrons. The largest absolute Gasteiger partial charge is 0.480 e. The van der Waals surface area contributed by atoms with Crippen LogP contribution >= 0.6 is 7.60 Å². The minimum absolute atomic E-state index is 0.0204. The van der Waals surface area contributed by atoms with Crippen LogP contribution < -0.4 is 5.32 Å². The van der Waals surface area contributed by atoms with Crippen molar-refractivity contribution in [2.45, 2.75) is 37.4 Å². The van der Waals surface area contributed by atoms with Crippen LogP contribution in [0.15, 0.2) is 59.5 Å². The summed E-state index contributed by atoms with van der Waals surface area (Å²) in [4.78, 5) is 24.7. The van der Waals surface area contributed by atoms with Gasteiger partial charge in [0.1, 0.15) is 6.04 Å². The van der Waals surface area contributed by atoms with E-state index in [1.165, 1.54) is 12.1 Å². The zero-order chi connectivity index (χ0) is 23.6. The molecule has 0 unspecified atom stereocenters. The molecule has 0 aliphatic heterocycles. The quantitative estimate of drug-likeness (QED) is 0.417. The number of rotatable bonds is 13. The van der Waals surface area contributed by atoms with Crippen LogP contribution in [0.4, 0.5) is 0 Å². The van der Waals surface area contributed by atoms with Gasteiger partial charge in [-0.3, -0.25) is 13.6 Å². The highest BCUT2D eigenvalue weighted by Crippen LogP contribution is 2.51. The molecule has 32 heavy (non-hydrogen) atoms. The van der Waals surface area contributed by atoms with E-state index < -0.39 is 36.3 Å². The number of nitrogens with one attached hydrogen (secondary N) is 1. The van der Waals surface area contributed by atoms with Gasteiger partial charge in [0.05, 0.1) is 30.2 Å². The first kappa shape index (κ1) is 25.9. The van der Waals surface area contributed by atoms with Crippen molar-refractivity contribution < 1.29 is 32.5 Å². The third kappa shape index (κ3) is 7.98. The second-order valence-corrected chi connectivity index (χ2v) is 10.4. The van der Waals surface area contributed by atoms with Crippen LogP contribution in [0.25, 0.3) is 0 Å². The molecule has 8 nitrogen and oxygen atoms in total. The maximum Gasteiger partial charge on any atom is 0.335 e. The highest BCUT2D eigenvalue weighted by atomic mass is 32.2. The van der Waals surface area contributed by atoms with Crippen molar-refractivity contribution in [1.29, 1.82) is 0 Å². The molecule has 0 spiro atoms. The Balaban J connectivity index is 1.99. The Labute approximate surface area is 190 Å². The molecule has 2 atom stereocenters. The normalized spacial score (nSPS) is 13.3. The van der Waals surface area contributed by atoms with E-state index in [-0.39, 0.29) is 37.1 Å². The zero-order valence-corrected chi connectivity index (χ0v) is 19.8. The van der Waals surface area contributed by atoms with Gasteiger partial charge in [-0.2, -0.15) is 0 Å². The van der Waals surface area contributed by atoms with Crippen molar-refractivity contribution in [3.8, 4) is 0 Å². The van der Waals surface area contributed by atoms with Crippen molar-refractivity contribution in [1.82, 2.24) is 5.32 Å². The molecule has 0 heterocycles. The highest BCUT2D eigenvalue weighted by Gasteiger charge is 2.25. The average molecular weight is 482 g/mol. The average Bonchev–Trinajstić information content (AvgIpc) is 2.77. The van der Waals surface area contributed by atoms with E-state index in [1.54, 1.807) is 56.3 Å². The number of hydrogen-bond acceptors (Lipinski definition) is 6. The maximum atomic E-state index is 12.6. The molecule has 0 aromatic heterocycles. The van der Waals surface area contributed by atoms with Crippen molar-refractivity contribution in [3.63, 3.8) is 0 Å². The van der Waals surface area contributed by atoms with Gasteiger partial charge < -0.3 is 19.5 Å². The summed E-state index contributed by atoms with van der Waals surface area (Å²) in [5.41, 5.74) is 0.923. The minimum atomic E-state index is -3.27. The minimum Gasteiger partial charge on any atom is -0.480 e. The standard InChI is InChI=1S/C22H28NO7PS/c1-3-29-31(27,30-4-2)16-17-10-12-18(13-11-17)21(24)23-20(22(25)26)14-15-32(28)19-8-6-5-7-9-19/h5-13,20H,3-4,14-16H2,1-2H3,(H,23,24)(H,25,26)/t20-,32+/m1/s1. The van der Waals surface area contributed by atoms with Gasteiger partial charge >= 0.3 is 13.6 Å². The van der Waals surface area contributed by atoms with Gasteiger partial charge in [-0.25, -0.2) is 4.79 Å². The van der Waals surface area contributed by atoms with Crippen molar-refractivity contribution >= 4 is 30.3 Å². The first-order valence-electron chi connectivity index (χ1n) is 10.2. The van der Waals surface area contributed by atoms with E-state index in [2.05, 4.69) is 5.32 Å². The Morgan fingerprint density at radius 1 is 1.03 bits per heavy atom. The molecule has 0 saturated heterocycles. The Kier molecular flexibility index (Phi) is 10.3. The second-order valence-electron chi connectivity index (χ2n) is 6.82. The van der Waals surface area contributed by atoms with Crippen LogP contribution in [-0.4, -0.2) is 46.2 Å². The lowest BCUT2D eigenvalue weighted by atomic mass is 10.1. The third-order valence-electron chi connectivity index (χ3n) is 4.45. The first-order chi connectivity index (χ1) is 15.3. The fourth-order valence-corrected chi connectivity index (χ4v) is 5.77. The van der Waals surface area contributed by atoms with Crippen LogP contribution in [0.2, 0.25) is 0 Å². The van der Waals surface area contributed by atoms with E-state index in [1.807, 2.05) is 0 Å². The van der Waals surface area contributed by atoms with Crippen LogP contribution in [-0.2, 0) is 35.4 Å². The molecular weight excluding hydrogens is 453 g/mol. The summed E-state index contributed by atoms with van der Waals surface area (Å²) in [5, 5.41) is 11.9. The van der Waals surface area contributed by atoms with Crippen molar-refractivity contribution in [2.24, 2.45) is 0 Å². The molecule has 10 heteroatoms. The summed E-state index contributed by atoms with van der Waals surface area (Å²) in [6, 6.07) is 13.9. The van der Waals surface area contributed by atoms with Crippen LogP contribution in [0.3, 0.4) is 0 Å². The predicted molar refractivity (Wildman–Crippen MR) is 122 cm³/mol. The molecule has 1 amide bonds. The SMILES string of the molecule is CCOP(=O)(Cc1ccc(C(=O)N[C@H](CC[S@](=O)c2ccccc2)C(=O)O)cc1)OCC. The molecule has 0 bridgehead atoms. The molecule has 0 radical (unpaired) electrons. The van der Waals surface area contributed by atoms with E-state index in [4.69, 9.17) is 9.05 Å². The maximum absolute atomic E-state index is 12.6. The Hall–Kier alpha value is -2.32. The number of carboxylic acids is 1. The Bertz CT molecular complexity index is 956. The molecule has 2 aromatic rings. The summed E-state index contributed by atoms with van der Waals surface area (Å²) in [5.74, 6) is -1.66. The molecule has 2 rings (SSSR count). The van der Waals surface area contributed by atoms with Gasteiger partial charge in [0.2, 0.25) is 0 Å². The smallest absolute Gasteiger partial charge is 0.335 e. The zero-order valence-electron chi connectivity index (χ0n) is 18.1.